The molecule has 0 aliphatic heterocycles. The van der Waals surface area contributed by atoms with Gasteiger partial charge in [0, 0.05) is 25.4 Å². The molecular weight excluding hydrogens is 224 g/mol. The first-order chi connectivity index (χ1) is 8.84. The maximum Gasteiger partial charge on any atom is 0.213 e. The molecule has 0 aliphatic rings. The third-order valence-corrected chi connectivity index (χ3v) is 2.62. The third-order valence-electron chi connectivity index (χ3n) is 2.62. The standard InChI is InChI=1S/C15H18N2O/c1-13-5-7-14(8-6-13)12-16-10-11-18-15-4-2-3-9-17-15/h2-9,16H,10-12H2,1H3. The molecule has 3 nitrogen and oxygen atoms in total. The van der Waals surface area contributed by atoms with Gasteiger partial charge in [-0.15, -0.1) is 0 Å². The topological polar surface area (TPSA) is 34.1 Å². The van der Waals surface area contributed by atoms with E-state index in [4.69, 9.17) is 4.74 Å². The van der Waals surface area contributed by atoms with Gasteiger partial charge >= 0.3 is 0 Å². The Balaban J connectivity index is 1.63. The molecule has 0 radical (unpaired) electrons. The number of benzene rings is 1. The Morgan fingerprint density at radius 3 is 2.67 bits per heavy atom. The Kier molecular flexibility index (Phi) is 4.73. The zero-order chi connectivity index (χ0) is 12.6. The lowest BCUT2D eigenvalue weighted by molar-refractivity contribution is 0.302. The quantitative estimate of drug-likeness (QED) is 0.790. The predicted molar refractivity (Wildman–Crippen MR) is 72.6 cm³/mol. The zero-order valence-electron chi connectivity index (χ0n) is 10.6. The second-order valence-electron chi connectivity index (χ2n) is 4.18. The van der Waals surface area contributed by atoms with E-state index in [1.54, 1.807) is 6.20 Å². The molecular formula is C15H18N2O. The van der Waals surface area contributed by atoms with Crippen molar-refractivity contribution >= 4 is 0 Å². The lowest BCUT2D eigenvalue weighted by Gasteiger charge is -2.07. The van der Waals surface area contributed by atoms with Crippen LogP contribution in [-0.4, -0.2) is 18.1 Å². The second-order valence-corrected chi connectivity index (χ2v) is 4.18. The molecule has 0 aliphatic carbocycles. The van der Waals surface area contributed by atoms with E-state index in [1.807, 2.05) is 18.2 Å². The number of hydrogen-bond acceptors (Lipinski definition) is 3. The Morgan fingerprint density at radius 1 is 1.11 bits per heavy atom. The van der Waals surface area contributed by atoms with Crippen molar-refractivity contribution in [1.29, 1.82) is 0 Å². The van der Waals surface area contributed by atoms with Gasteiger partial charge in [-0.3, -0.25) is 0 Å². The van der Waals surface area contributed by atoms with E-state index in [-0.39, 0.29) is 0 Å². The first kappa shape index (κ1) is 12.6. The maximum absolute atomic E-state index is 5.49. The Labute approximate surface area is 108 Å². The van der Waals surface area contributed by atoms with Crippen molar-refractivity contribution in [3.8, 4) is 5.88 Å². The third kappa shape index (κ3) is 4.18. The number of nitrogens with zero attached hydrogens (tertiary/aromatic N) is 1. The largest absolute Gasteiger partial charge is 0.476 e. The fraction of sp³-hybridized carbons (Fsp3) is 0.267. The Hall–Kier alpha value is -1.87. The van der Waals surface area contributed by atoms with Crippen molar-refractivity contribution in [1.82, 2.24) is 10.3 Å². The molecule has 0 bridgehead atoms. The summed E-state index contributed by atoms with van der Waals surface area (Å²) < 4.78 is 5.49. The van der Waals surface area contributed by atoms with Gasteiger partial charge in [0.15, 0.2) is 0 Å². The van der Waals surface area contributed by atoms with Gasteiger partial charge in [0.2, 0.25) is 5.88 Å². The van der Waals surface area contributed by atoms with Gasteiger partial charge in [0.05, 0.1) is 0 Å². The van der Waals surface area contributed by atoms with Crippen LogP contribution >= 0.6 is 0 Å². The molecule has 0 saturated carbocycles. The summed E-state index contributed by atoms with van der Waals surface area (Å²) in [4.78, 5) is 4.09. The lowest BCUT2D eigenvalue weighted by atomic mass is 10.1. The minimum Gasteiger partial charge on any atom is -0.476 e. The van der Waals surface area contributed by atoms with Crippen LogP contribution < -0.4 is 10.1 Å². The van der Waals surface area contributed by atoms with Crippen LogP contribution in [0.1, 0.15) is 11.1 Å². The highest BCUT2D eigenvalue weighted by atomic mass is 16.5. The monoisotopic (exact) mass is 242 g/mol. The molecule has 1 heterocycles. The van der Waals surface area contributed by atoms with E-state index < -0.39 is 0 Å². The van der Waals surface area contributed by atoms with E-state index in [0.29, 0.717) is 12.5 Å². The van der Waals surface area contributed by atoms with Crippen LogP contribution in [0.5, 0.6) is 5.88 Å². The molecule has 0 unspecified atom stereocenters. The van der Waals surface area contributed by atoms with Crippen molar-refractivity contribution in [3.05, 3.63) is 59.8 Å². The zero-order valence-corrected chi connectivity index (χ0v) is 10.6. The van der Waals surface area contributed by atoms with E-state index >= 15 is 0 Å². The number of aryl methyl sites for hydroxylation is 1. The van der Waals surface area contributed by atoms with Crippen LogP contribution in [0.4, 0.5) is 0 Å². The predicted octanol–water partition coefficient (Wildman–Crippen LogP) is 2.56. The van der Waals surface area contributed by atoms with Gasteiger partial charge in [0.25, 0.3) is 0 Å². The fourth-order valence-corrected chi connectivity index (χ4v) is 1.60. The molecule has 2 aromatic rings. The molecule has 18 heavy (non-hydrogen) atoms. The van der Waals surface area contributed by atoms with Gasteiger partial charge in [-0.25, -0.2) is 4.98 Å². The summed E-state index contributed by atoms with van der Waals surface area (Å²) in [6.45, 7) is 4.40. The van der Waals surface area contributed by atoms with Gasteiger partial charge in [-0.2, -0.15) is 0 Å². The molecule has 1 aromatic carbocycles. The van der Waals surface area contributed by atoms with Gasteiger partial charge < -0.3 is 10.1 Å². The highest BCUT2D eigenvalue weighted by molar-refractivity contribution is 5.21. The minimum absolute atomic E-state index is 0.628. The van der Waals surface area contributed by atoms with Crippen molar-refractivity contribution in [2.75, 3.05) is 13.2 Å². The summed E-state index contributed by atoms with van der Waals surface area (Å²) in [5.74, 6) is 0.676. The summed E-state index contributed by atoms with van der Waals surface area (Å²) in [7, 11) is 0. The van der Waals surface area contributed by atoms with Crippen LogP contribution in [0.3, 0.4) is 0 Å². The molecule has 0 amide bonds. The average molecular weight is 242 g/mol. The van der Waals surface area contributed by atoms with Crippen LogP contribution in [0, 0.1) is 6.92 Å². The van der Waals surface area contributed by atoms with Crippen LogP contribution in [-0.2, 0) is 6.54 Å². The number of ether oxygens (including phenoxy) is 1. The molecule has 3 heteroatoms. The van der Waals surface area contributed by atoms with Crippen LogP contribution in [0.15, 0.2) is 48.7 Å². The fourth-order valence-electron chi connectivity index (χ4n) is 1.60. The van der Waals surface area contributed by atoms with Crippen molar-refractivity contribution < 1.29 is 4.74 Å². The second kappa shape index (κ2) is 6.77. The van der Waals surface area contributed by atoms with Crippen LogP contribution in [0.2, 0.25) is 0 Å². The molecule has 0 fully saturated rings. The summed E-state index contributed by atoms with van der Waals surface area (Å²) >= 11 is 0. The van der Waals surface area contributed by atoms with Crippen LogP contribution in [0.25, 0.3) is 0 Å². The first-order valence-electron chi connectivity index (χ1n) is 6.15. The van der Waals surface area contributed by atoms with Gasteiger partial charge in [-0.05, 0) is 18.6 Å². The first-order valence-corrected chi connectivity index (χ1v) is 6.15. The van der Waals surface area contributed by atoms with E-state index in [2.05, 4.69) is 41.5 Å². The summed E-state index contributed by atoms with van der Waals surface area (Å²) in [5.41, 5.74) is 2.58. The minimum atomic E-state index is 0.628. The lowest BCUT2D eigenvalue weighted by Crippen LogP contribution is -2.20. The molecule has 94 valence electrons. The maximum atomic E-state index is 5.49. The van der Waals surface area contributed by atoms with Gasteiger partial charge in [-0.1, -0.05) is 35.9 Å². The number of hydrogen-bond donors (Lipinski definition) is 1. The molecule has 0 spiro atoms. The molecule has 1 N–H and O–H groups in total. The number of rotatable bonds is 6. The van der Waals surface area contributed by atoms with Gasteiger partial charge in [0.1, 0.15) is 6.61 Å². The van der Waals surface area contributed by atoms with Crippen molar-refractivity contribution in [2.24, 2.45) is 0 Å². The SMILES string of the molecule is Cc1ccc(CNCCOc2ccccn2)cc1. The highest BCUT2D eigenvalue weighted by Crippen LogP contribution is 2.03. The molecule has 0 saturated heterocycles. The molecule has 2 rings (SSSR count). The highest BCUT2D eigenvalue weighted by Gasteiger charge is 1.94. The summed E-state index contributed by atoms with van der Waals surface area (Å²) in [5, 5.41) is 3.34. The van der Waals surface area contributed by atoms with Crippen molar-refractivity contribution in [3.63, 3.8) is 0 Å². The molecule has 1 aromatic heterocycles. The molecule has 0 atom stereocenters. The number of nitrogens with one attached hydrogen (secondary N) is 1. The normalized spacial score (nSPS) is 10.3. The van der Waals surface area contributed by atoms with E-state index in [0.717, 1.165) is 13.1 Å². The Bertz CT molecular complexity index is 454. The van der Waals surface area contributed by atoms with Crippen molar-refractivity contribution in [2.45, 2.75) is 13.5 Å². The van der Waals surface area contributed by atoms with E-state index in [1.165, 1.54) is 11.1 Å². The smallest absolute Gasteiger partial charge is 0.213 e. The number of pyridine rings is 1. The summed E-state index contributed by atoms with van der Waals surface area (Å²) in [6.07, 6.45) is 1.73. The Morgan fingerprint density at radius 2 is 1.94 bits per heavy atom. The van der Waals surface area contributed by atoms with E-state index in [9.17, 15) is 0 Å². The summed E-state index contributed by atoms with van der Waals surface area (Å²) in [6, 6.07) is 14.2. The number of aromatic nitrogens is 1. The average Bonchev–Trinajstić information content (AvgIpc) is 2.42.